The predicted molar refractivity (Wildman–Crippen MR) is 93.0 cm³/mol. The average molecular weight is 319 g/mol. The highest BCUT2D eigenvalue weighted by atomic mass is 32.1. The molecule has 0 radical (unpaired) electrons. The first-order valence-electron chi connectivity index (χ1n) is 7.35. The Balaban J connectivity index is 2.21. The molecule has 1 amide bonds. The van der Waals surface area contributed by atoms with Crippen molar-refractivity contribution < 1.29 is 9.21 Å². The summed E-state index contributed by atoms with van der Waals surface area (Å²) >= 11 is 5.19. The Bertz CT molecular complexity index is 681. The lowest BCUT2D eigenvalue weighted by Crippen LogP contribution is -2.27. The number of rotatable bonds is 6. The number of primary amides is 1. The van der Waals surface area contributed by atoms with Crippen molar-refractivity contribution in [2.75, 3.05) is 11.9 Å². The summed E-state index contributed by atoms with van der Waals surface area (Å²) in [5.41, 5.74) is 8.02. The van der Waals surface area contributed by atoms with Gasteiger partial charge in [0.2, 0.25) is 5.91 Å². The maximum absolute atomic E-state index is 10.9. The number of thiocarbonyl (C=S) groups is 1. The molecular formula is C16H21N3O2S. The van der Waals surface area contributed by atoms with Crippen LogP contribution in [0.4, 0.5) is 5.69 Å². The molecule has 0 saturated carbocycles. The summed E-state index contributed by atoms with van der Waals surface area (Å²) < 4.78 is 5.59. The summed E-state index contributed by atoms with van der Waals surface area (Å²) in [6.45, 7) is 4.83. The van der Waals surface area contributed by atoms with Gasteiger partial charge in [0.05, 0.1) is 6.26 Å². The Labute approximate surface area is 135 Å². The van der Waals surface area contributed by atoms with E-state index in [1.165, 1.54) is 0 Å². The molecule has 1 aromatic heterocycles. The monoisotopic (exact) mass is 319 g/mol. The Morgan fingerprint density at radius 1 is 1.45 bits per heavy atom. The van der Waals surface area contributed by atoms with Crippen molar-refractivity contribution in [1.29, 1.82) is 0 Å². The number of furan rings is 1. The number of carbonyl (C=O) groups is 1. The molecule has 1 heterocycles. The van der Waals surface area contributed by atoms with Gasteiger partial charge in [0.1, 0.15) is 5.58 Å². The van der Waals surface area contributed by atoms with Crippen LogP contribution in [0.15, 0.2) is 28.9 Å². The van der Waals surface area contributed by atoms with Crippen molar-refractivity contribution in [2.24, 2.45) is 5.73 Å². The Hall–Kier alpha value is -2.08. The van der Waals surface area contributed by atoms with Gasteiger partial charge in [-0.1, -0.05) is 6.92 Å². The van der Waals surface area contributed by atoms with Crippen LogP contribution in [0, 0.1) is 0 Å². The minimum atomic E-state index is -0.280. The van der Waals surface area contributed by atoms with Gasteiger partial charge in [-0.2, -0.15) is 0 Å². The van der Waals surface area contributed by atoms with E-state index in [0.717, 1.165) is 28.8 Å². The molecule has 0 bridgehead atoms. The zero-order valence-corrected chi connectivity index (χ0v) is 13.6. The van der Waals surface area contributed by atoms with Crippen LogP contribution in [0.3, 0.4) is 0 Å². The molecule has 0 aliphatic carbocycles. The highest BCUT2D eigenvalue weighted by Crippen LogP contribution is 2.32. The highest BCUT2D eigenvalue weighted by molar-refractivity contribution is 7.80. The van der Waals surface area contributed by atoms with Gasteiger partial charge < -0.3 is 20.8 Å². The zero-order chi connectivity index (χ0) is 16.1. The second-order valence-electron chi connectivity index (χ2n) is 5.29. The van der Waals surface area contributed by atoms with Crippen LogP contribution in [0.1, 0.15) is 38.2 Å². The summed E-state index contributed by atoms with van der Waals surface area (Å²) in [6.07, 6.45) is 2.83. The molecule has 4 N–H and O–H groups in total. The molecule has 0 saturated heterocycles. The summed E-state index contributed by atoms with van der Waals surface area (Å²) in [5, 5.41) is 7.82. The minimum absolute atomic E-state index is 0.199. The maximum atomic E-state index is 10.9. The summed E-state index contributed by atoms with van der Waals surface area (Å²) in [6, 6.07) is 5.85. The van der Waals surface area contributed by atoms with Gasteiger partial charge in [0.15, 0.2) is 5.11 Å². The van der Waals surface area contributed by atoms with Crippen LogP contribution in [-0.2, 0) is 4.79 Å². The highest BCUT2D eigenvalue weighted by Gasteiger charge is 2.14. The Morgan fingerprint density at radius 2 is 2.23 bits per heavy atom. The fourth-order valence-electron chi connectivity index (χ4n) is 2.36. The number of hydrogen-bond donors (Lipinski definition) is 3. The lowest BCUT2D eigenvalue weighted by molar-refractivity contribution is -0.118. The van der Waals surface area contributed by atoms with Crippen molar-refractivity contribution in [3.8, 4) is 0 Å². The molecule has 2 aromatic rings. The normalized spacial score (nSPS) is 12.1. The van der Waals surface area contributed by atoms with Gasteiger partial charge in [-0.25, -0.2) is 0 Å². The van der Waals surface area contributed by atoms with Gasteiger partial charge in [-0.05, 0) is 49.7 Å². The van der Waals surface area contributed by atoms with E-state index in [1.807, 2.05) is 25.1 Å². The largest absolute Gasteiger partial charge is 0.464 e. The van der Waals surface area contributed by atoms with Crippen LogP contribution in [-0.4, -0.2) is 17.6 Å². The fourth-order valence-corrected chi connectivity index (χ4v) is 2.62. The summed E-state index contributed by atoms with van der Waals surface area (Å²) in [4.78, 5) is 10.9. The first-order valence-corrected chi connectivity index (χ1v) is 7.76. The second-order valence-corrected chi connectivity index (χ2v) is 5.70. The average Bonchev–Trinajstić information content (AvgIpc) is 2.88. The van der Waals surface area contributed by atoms with E-state index in [0.29, 0.717) is 18.0 Å². The van der Waals surface area contributed by atoms with Gasteiger partial charge in [0, 0.05) is 29.6 Å². The number of fused-ring (bicyclic) bond motifs is 1. The number of carbonyl (C=O) groups excluding carboxylic acids is 1. The third-order valence-corrected chi connectivity index (χ3v) is 3.80. The number of amides is 1. The topological polar surface area (TPSA) is 80.3 Å². The maximum Gasteiger partial charge on any atom is 0.217 e. The van der Waals surface area contributed by atoms with Gasteiger partial charge >= 0.3 is 0 Å². The molecule has 1 atom stereocenters. The molecule has 0 aliphatic heterocycles. The van der Waals surface area contributed by atoms with Crippen molar-refractivity contribution in [1.82, 2.24) is 5.32 Å². The molecule has 0 fully saturated rings. The smallest absolute Gasteiger partial charge is 0.217 e. The number of hydrogen-bond acceptors (Lipinski definition) is 3. The van der Waals surface area contributed by atoms with Crippen molar-refractivity contribution in [2.45, 2.75) is 32.6 Å². The zero-order valence-electron chi connectivity index (χ0n) is 12.8. The molecule has 1 aromatic carbocycles. The van der Waals surface area contributed by atoms with Crippen LogP contribution in [0.2, 0.25) is 0 Å². The van der Waals surface area contributed by atoms with E-state index in [4.69, 9.17) is 22.4 Å². The lowest BCUT2D eigenvalue weighted by Gasteiger charge is -2.11. The van der Waals surface area contributed by atoms with E-state index in [-0.39, 0.29) is 11.8 Å². The lowest BCUT2D eigenvalue weighted by atomic mass is 9.95. The molecule has 0 spiro atoms. The van der Waals surface area contributed by atoms with Crippen LogP contribution in [0.25, 0.3) is 11.0 Å². The summed E-state index contributed by atoms with van der Waals surface area (Å²) in [5.74, 6) is -0.0808. The molecular weight excluding hydrogens is 298 g/mol. The number of anilines is 1. The van der Waals surface area contributed by atoms with Crippen molar-refractivity contribution in [3.63, 3.8) is 0 Å². The third kappa shape index (κ3) is 3.98. The van der Waals surface area contributed by atoms with Gasteiger partial charge in [0.25, 0.3) is 0 Å². The summed E-state index contributed by atoms with van der Waals surface area (Å²) in [7, 11) is 0. The SMILES string of the molecule is CCNC(=S)Nc1ccc2occ(C(C)CCC(N)=O)c2c1. The fraction of sp³-hybridized carbons (Fsp3) is 0.375. The van der Waals surface area contributed by atoms with Crippen molar-refractivity contribution >= 4 is 39.9 Å². The van der Waals surface area contributed by atoms with Gasteiger partial charge in [-0.15, -0.1) is 0 Å². The quantitative estimate of drug-likeness (QED) is 0.713. The van der Waals surface area contributed by atoms with E-state index >= 15 is 0 Å². The van der Waals surface area contributed by atoms with E-state index < -0.39 is 0 Å². The number of benzene rings is 1. The van der Waals surface area contributed by atoms with Crippen LogP contribution in [0.5, 0.6) is 0 Å². The Morgan fingerprint density at radius 3 is 2.91 bits per heavy atom. The number of nitrogens with one attached hydrogen (secondary N) is 2. The van der Waals surface area contributed by atoms with E-state index in [2.05, 4.69) is 17.6 Å². The van der Waals surface area contributed by atoms with E-state index in [1.54, 1.807) is 6.26 Å². The second kappa shape index (κ2) is 7.26. The predicted octanol–water partition coefficient (Wildman–Crippen LogP) is 3.11. The molecule has 0 aliphatic rings. The molecule has 1 unspecified atom stereocenters. The molecule has 6 heteroatoms. The molecule has 22 heavy (non-hydrogen) atoms. The molecule has 2 rings (SSSR count). The van der Waals surface area contributed by atoms with Crippen molar-refractivity contribution in [3.05, 3.63) is 30.0 Å². The molecule has 5 nitrogen and oxygen atoms in total. The van der Waals surface area contributed by atoms with Crippen LogP contribution < -0.4 is 16.4 Å². The van der Waals surface area contributed by atoms with Crippen LogP contribution >= 0.6 is 12.2 Å². The van der Waals surface area contributed by atoms with Gasteiger partial charge in [-0.3, -0.25) is 4.79 Å². The Kier molecular flexibility index (Phi) is 5.38. The first-order chi connectivity index (χ1) is 10.5. The molecule has 118 valence electrons. The third-order valence-electron chi connectivity index (χ3n) is 3.55. The minimum Gasteiger partial charge on any atom is -0.464 e. The van der Waals surface area contributed by atoms with E-state index in [9.17, 15) is 4.79 Å². The first kappa shape index (κ1) is 16.3. The standard InChI is InChI=1S/C16H21N3O2S/c1-3-18-16(22)19-11-5-6-14-12(8-11)13(9-21-14)10(2)4-7-15(17)20/h5-6,8-10H,3-4,7H2,1-2H3,(H2,17,20)(H2,18,19,22). The number of nitrogens with two attached hydrogens (primary N) is 1.